The number of nitrogens with zero attached hydrogens (tertiary/aromatic N) is 3. The first-order valence-electron chi connectivity index (χ1n) is 8.02. The van der Waals surface area contributed by atoms with Crippen molar-refractivity contribution >= 4 is 11.6 Å². The Morgan fingerprint density at radius 3 is 2.59 bits per heavy atom. The molecule has 22 heavy (non-hydrogen) atoms. The number of hydrogen-bond donors (Lipinski definition) is 0. The van der Waals surface area contributed by atoms with Crippen molar-refractivity contribution in [3.8, 4) is 0 Å². The van der Waals surface area contributed by atoms with Crippen LogP contribution in [0.15, 0.2) is 24.3 Å². The molecule has 0 aliphatic carbocycles. The molecule has 0 radical (unpaired) electrons. The Labute approximate surface area is 137 Å². The van der Waals surface area contributed by atoms with Crippen LogP contribution in [0.4, 0.5) is 0 Å². The zero-order chi connectivity index (χ0) is 15.9. The van der Waals surface area contributed by atoms with E-state index in [-0.39, 0.29) is 0 Å². The molecule has 0 spiro atoms. The maximum Gasteiger partial charge on any atom is 0.111 e. The van der Waals surface area contributed by atoms with E-state index in [9.17, 15) is 0 Å². The minimum absolute atomic E-state index is 0.311. The van der Waals surface area contributed by atoms with Gasteiger partial charge in [-0.25, -0.2) is 4.98 Å². The lowest BCUT2D eigenvalue weighted by atomic mass is 10.0. The van der Waals surface area contributed by atoms with Crippen LogP contribution < -0.4 is 0 Å². The van der Waals surface area contributed by atoms with Crippen LogP contribution >= 0.6 is 11.6 Å². The van der Waals surface area contributed by atoms with Gasteiger partial charge in [0, 0.05) is 49.2 Å². The Bertz CT molecular complexity index is 675. The summed E-state index contributed by atoms with van der Waals surface area (Å²) >= 11 is 6.36. The Morgan fingerprint density at radius 2 is 1.91 bits per heavy atom. The molecule has 3 nitrogen and oxygen atoms in total. The van der Waals surface area contributed by atoms with Gasteiger partial charge < -0.3 is 4.57 Å². The summed E-state index contributed by atoms with van der Waals surface area (Å²) in [5.41, 5.74) is 3.83. The van der Waals surface area contributed by atoms with E-state index in [0.29, 0.717) is 12.0 Å². The fourth-order valence-corrected chi connectivity index (χ4v) is 3.72. The topological polar surface area (TPSA) is 21.1 Å². The highest BCUT2D eigenvalue weighted by Gasteiger charge is 2.27. The molecule has 0 saturated heterocycles. The van der Waals surface area contributed by atoms with Crippen LogP contribution in [0.2, 0.25) is 5.02 Å². The van der Waals surface area contributed by atoms with E-state index in [1.807, 2.05) is 12.1 Å². The van der Waals surface area contributed by atoms with Crippen LogP contribution in [0, 0.1) is 0 Å². The monoisotopic (exact) mass is 317 g/mol. The number of rotatable bonds is 3. The third-order valence-corrected chi connectivity index (χ3v) is 5.08. The minimum atomic E-state index is 0.311. The molecule has 1 atom stereocenters. The summed E-state index contributed by atoms with van der Waals surface area (Å²) in [6, 6.07) is 8.46. The first-order chi connectivity index (χ1) is 10.5. The Balaban J connectivity index is 1.85. The molecular formula is C18H24ClN3. The maximum atomic E-state index is 6.36. The van der Waals surface area contributed by atoms with Gasteiger partial charge in [0.1, 0.15) is 5.82 Å². The fraction of sp³-hybridized carbons (Fsp3) is 0.500. The molecule has 1 unspecified atom stereocenters. The van der Waals surface area contributed by atoms with E-state index in [4.69, 9.17) is 16.6 Å². The van der Waals surface area contributed by atoms with E-state index in [1.165, 1.54) is 22.8 Å². The van der Waals surface area contributed by atoms with Crippen LogP contribution in [-0.4, -0.2) is 21.0 Å². The quantitative estimate of drug-likeness (QED) is 0.840. The molecule has 0 N–H and O–H groups in total. The highest BCUT2D eigenvalue weighted by molar-refractivity contribution is 6.31. The summed E-state index contributed by atoms with van der Waals surface area (Å²) in [5.74, 6) is 1.65. The van der Waals surface area contributed by atoms with Gasteiger partial charge in [0.25, 0.3) is 0 Å². The third-order valence-electron chi connectivity index (χ3n) is 4.74. The van der Waals surface area contributed by atoms with Crippen molar-refractivity contribution in [1.29, 1.82) is 0 Å². The lowest BCUT2D eigenvalue weighted by Crippen LogP contribution is -2.33. The molecular weight excluding hydrogens is 294 g/mol. The minimum Gasteiger partial charge on any atom is -0.335 e. The number of halogens is 1. The molecule has 0 saturated carbocycles. The predicted octanol–water partition coefficient (Wildman–Crippen LogP) is 4.32. The average Bonchev–Trinajstić information content (AvgIpc) is 2.84. The van der Waals surface area contributed by atoms with E-state index in [1.54, 1.807) is 0 Å². The van der Waals surface area contributed by atoms with Gasteiger partial charge in [0.2, 0.25) is 0 Å². The summed E-state index contributed by atoms with van der Waals surface area (Å²) < 4.78 is 2.29. The van der Waals surface area contributed by atoms with E-state index in [0.717, 1.165) is 24.5 Å². The summed E-state index contributed by atoms with van der Waals surface area (Å²) in [4.78, 5) is 7.36. The second-order valence-corrected chi connectivity index (χ2v) is 6.90. The lowest BCUT2D eigenvalue weighted by Gasteiger charge is -2.32. The molecule has 0 amide bonds. The Hall–Kier alpha value is -1.32. The van der Waals surface area contributed by atoms with Crippen LogP contribution in [-0.2, 0) is 20.0 Å². The van der Waals surface area contributed by atoms with E-state index in [2.05, 4.69) is 49.4 Å². The summed E-state index contributed by atoms with van der Waals surface area (Å²) in [5, 5.41) is 0.852. The molecule has 4 heteroatoms. The van der Waals surface area contributed by atoms with E-state index >= 15 is 0 Å². The Morgan fingerprint density at radius 1 is 1.18 bits per heavy atom. The van der Waals surface area contributed by atoms with Gasteiger partial charge in [0.05, 0.1) is 5.69 Å². The van der Waals surface area contributed by atoms with Crippen LogP contribution in [0.25, 0.3) is 0 Å². The van der Waals surface area contributed by atoms with Crippen molar-refractivity contribution in [3.05, 3.63) is 52.1 Å². The van der Waals surface area contributed by atoms with Crippen LogP contribution in [0.5, 0.6) is 0 Å². The van der Waals surface area contributed by atoms with Gasteiger partial charge in [-0.2, -0.15) is 0 Å². The number of aromatic nitrogens is 2. The zero-order valence-corrected chi connectivity index (χ0v) is 14.6. The predicted molar refractivity (Wildman–Crippen MR) is 91.3 cm³/mol. The molecule has 2 aromatic rings. The van der Waals surface area contributed by atoms with Crippen LogP contribution in [0.3, 0.4) is 0 Å². The lowest BCUT2D eigenvalue weighted by molar-refractivity contribution is 0.188. The molecule has 1 aromatic carbocycles. The molecule has 1 aliphatic heterocycles. The third kappa shape index (κ3) is 2.68. The van der Waals surface area contributed by atoms with Gasteiger partial charge in [0.15, 0.2) is 0 Å². The normalized spacial score (nSPS) is 16.8. The van der Waals surface area contributed by atoms with Crippen molar-refractivity contribution in [1.82, 2.24) is 14.5 Å². The molecule has 1 aliphatic rings. The average molecular weight is 318 g/mol. The summed E-state index contributed by atoms with van der Waals surface area (Å²) in [7, 11) is 2.15. The van der Waals surface area contributed by atoms with Gasteiger partial charge >= 0.3 is 0 Å². The Kier molecular flexibility index (Phi) is 4.28. The molecule has 3 rings (SSSR count). The first kappa shape index (κ1) is 15.6. The van der Waals surface area contributed by atoms with Crippen LogP contribution in [0.1, 0.15) is 55.5 Å². The van der Waals surface area contributed by atoms with Crippen molar-refractivity contribution < 1.29 is 0 Å². The number of hydrogen-bond acceptors (Lipinski definition) is 2. The van der Waals surface area contributed by atoms with Crippen molar-refractivity contribution in [2.45, 2.75) is 45.7 Å². The van der Waals surface area contributed by atoms with Crippen molar-refractivity contribution in [2.75, 3.05) is 6.54 Å². The SMILES string of the molecule is CC(C)c1nc2c(n1C)CCN(C(C)c1ccccc1Cl)C2. The highest BCUT2D eigenvalue weighted by Crippen LogP contribution is 2.31. The second kappa shape index (κ2) is 6.05. The molecule has 1 aromatic heterocycles. The molecule has 0 fully saturated rings. The molecule has 118 valence electrons. The largest absolute Gasteiger partial charge is 0.335 e. The highest BCUT2D eigenvalue weighted by atomic mass is 35.5. The number of fused-ring (bicyclic) bond motifs is 1. The van der Waals surface area contributed by atoms with Gasteiger partial charge in [-0.05, 0) is 18.6 Å². The first-order valence-corrected chi connectivity index (χ1v) is 8.39. The maximum absolute atomic E-state index is 6.36. The zero-order valence-electron chi connectivity index (χ0n) is 13.8. The smallest absolute Gasteiger partial charge is 0.111 e. The van der Waals surface area contributed by atoms with Crippen molar-refractivity contribution in [2.24, 2.45) is 7.05 Å². The molecule has 0 bridgehead atoms. The standard InChI is InChI=1S/C18H24ClN3/c1-12(2)18-20-16-11-22(10-9-17(16)21(18)4)13(3)14-7-5-6-8-15(14)19/h5-8,12-13H,9-11H2,1-4H3. The summed E-state index contributed by atoms with van der Waals surface area (Å²) in [6.45, 7) is 8.60. The van der Waals surface area contributed by atoms with Crippen molar-refractivity contribution in [3.63, 3.8) is 0 Å². The van der Waals surface area contributed by atoms with E-state index < -0.39 is 0 Å². The second-order valence-electron chi connectivity index (χ2n) is 6.50. The van der Waals surface area contributed by atoms with Gasteiger partial charge in [-0.3, -0.25) is 4.90 Å². The number of imidazole rings is 1. The summed E-state index contributed by atoms with van der Waals surface area (Å²) in [6.07, 6.45) is 1.06. The van der Waals surface area contributed by atoms with Gasteiger partial charge in [-0.1, -0.05) is 43.6 Å². The molecule has 2 heterocycles. The number of benzene rings is 1. The fourth-order valence-electron chi connectivity index (χ4n) is 3.43. The van der Waals surface area contributed by atoms with Gasteiger partial charge in [-0.15, -0.1) is 0 Å².